The van der Waals surface area contributed by atoms with Crippen LogP contribution in [-0.4, -0.2) is 10.2 Å². The zero-order chi connectivity index (χ0) is 13.0. The van der Waals surface area contributed by atoms with E-state index in [4.69, 9.17) is 16.4 Å². The highest BCUT2D eigenvalue weighted by Crippen LogP contribution is 2.25. The molecule has 0 spiro atoms. The number of halogens is 1. The number of thioether (sulfide) groups is 1. The van der Waals surface area contributed by atoms with Crippen LogP contribution in [0.25, 0.3) is 10.8 Å². The molecular weight excluding hydrogens is 280 g/mol. The largest absolute Gasteiger partial charge is 0.379 e. The number of fused-ring (bicyclic) bond motifs is 1. The summed E-state index contributed by atoms with van der Waals surface area (Å²) in [6.45, 7) is 0. The number of nitrogens with one attached hydrogen (secondary N) is 1. The van der Waals surface area contributed by atoms with E-state index in [0.717, 1.165) is 21.9 Å². The number of aromatic nitrogens is 1. The Morgan fingerprint density at radius 1 is 1.32 bits per heavy atom. The molecule has 0 unspecified atom stereocenters. The van der Waals surface area contributed by atoms with Crippen LogP contribution < -0.4 is 5.73 Å². The molecular formula is C13H13ClN4S. The Labute approximate surface area is 121 Å². The molecule has 2 aromatic rings. The first-order valence-electron chi connectivity index (χ1n) is 5.40. The number of hydrogen-bond acceptors (Lipinski definition) is 4. The SMILES string of the molecule is Cl.N#CCc1ccc(CSC(=N)N)c2ccncc12. The maximum atomic E-state index is 8.81. The molecule has 0 bridgehead atoms. The number of pyridine rings is 1. The second-order valence-corrected chi connectivity index (χ2v) is 4.81. The molecule has 0 fully saturated rings. The quantitative estimate of drug-likeness (QED) is 0.673. The van der Waals surface area contributed by atoms with Gasteiger partial charge < -0.3 is 5.73 Å². The van der Waals surface area contributed by atoms with Crippen molar-refractivity contribution >= 4 is 40.1 Å². The van der Waals surface area contributed by atoms with Crippen LogP contribution in [0, 0.1) is 16.7 Å². The molecule has 0 atom stereocenters. The molecule has 6 heteroatoms. The molecule has 0 saturated carbocycles. The van der Waals surface area contributed by atoms with Gasteiger partial charge in [-0.25, -0.2) is 0 Å². The van der Waals surface area contributed by atoms with Gasteiger partial charge in [-0.1, -0.05) is 23.9 Å². The summed E-state index contributed by atoms with van der Waals surface area (Å²) in [5.74, 6) is 0.655. The Bertz CT molecular complexity index is 636. The molecule has 1 aromatic carbocycles. The molecule has 98 valence electrons. The van der Waals surface area contributed by atoms with Crippen LogP contribution >= 0.6 is 24.2 Å². The Morgan fingerprint density at radius 3 is 2.74 bits per heavy atom. The van der Waals surface area contributed by atoms with E-state index in [1.807, 2.05) is 18.2 Å². The number of nitrogens with two attached hydrogens (primary N) is 1. The van der Waals surface area contributed by atoms with Gasteiger partial charge in [0.2, 0.25) is 0 Å². The van der Waals surface area contributed by atoms with E-state index in [-0.39, 0.29) is 17.6 Å². The number of nitrogens with zero attached hydrogens (tertiary/aromatic N) is 2. The van der Waals surface area contributed by atoms with Gasteiger partial charge in [-0.3, -0.25) is 10.4 Å². The van der Waals surface area contributed by atoms with E-state index >= 15 is 0 Å². The third-order valence-electron chi connectivity index (χ3n) is 2.65. The molecule has 2 rings (SSSR count). The maximum Gasteiger partial charge on any atom is 0.151 e. The second kappa shape index (κ2) is 6.98. The first-order valence-corrected chi connectivity index (χ1v) is 6.39. The van der Waals surface area contributed by atoms with Crippen LogP contribution in [0.3, 0.4) is 0 Å². The molecule has 1 aromatic heterocycles. The minimum Gasteiger partial charge on any atom is -0.379 e. The summed E-state index contributed by atoms with van der Waals surface area (Å²) in [6, 6.07) is 8.03. The van der Waals surface area contributed by atoms with E-state index in [1.54, 1.807) is 12.4 Å². The fraction of sp³-hybridized carbons (Fsp3) is 0.154. The standard InChI is InChI=1S/C13H12N4S.ClH/c14-5-3-9-1-2-10(8-18-13(15)16)11-4-6-17-7-12(9)11;/h1-2,4,6-7H,3,8H2,(H3,15,16);1H. The van der Waals surface area contributed by atoms with Gasteiger partial charge in [0.25, 0.3) is 0 Å². The Kier molecular flexibility index (Phi) is 5.61. The minimum atomic E-state index is 0. The van der Waals surface area contributed by atoms with Crippen LogP contribution in [0.2, 0.25) is 0 Å². The van der Waals surface area contributed by atoms with Crippen molar-refractivity contribution in [1.29, 1.82) is 10.7 Å². The Balaban J connectivity index is 0.00000180. The highest BCUT2D eigenvalue weighted by Gasteiger charge is 2.06. The Hall–Kier alpha value is -1.77. The predicted octanol–water partition coefficient (Wildman–Crippen LogP) is 2.85. The molecule has 0 radical (unpaired) electrons. The van der Waals surface area contributed by atoms with Gasteiger partial charge in [0.05, 0.1) is 12.5 Å². The minimum absolute atomic E-state index is 0. The number of amidine groups is 1. The monoisotopic (exact) mass is 292 g/mol. The van der Waals surface area contributed by atoms with Gasteiger partial charge in [-0.2, -0.15) is 5.26 Å². The van der Waals surface area contributed by atoms with Crippen LogP contribution in [-0.2, 0) is 12.2 Å². The normalized spacial score (nSPS) is 9.63. The molecule has 0 saturated heterocycles. The summed E-state index contributed by atoms with van der Waals surface area (Å²) in [4.78, 5) is 4.11. The van der Waals surface area contributed by atoms with Gasteiger partial charge in [0.1, 0.15) is 0 Å². The lowest BCUT2D eigenvalue weighted by Crippen LogP contribution is -2.04. The van der Waals surface area contributed by atoms with Gasteiger partial charge in [0.15, 0.2) is 5.17 Å². The van der Waals surface area contributed by atoms with Gasteiger partial charge in [0, 0.05) is 23.5 Å². The molecule has 3 N–H and O–H groups in total. The van der Waals surface area contributed by atoms with Crippen molar-refractivity contribution in [1.82, 2.24) is 4.98 Å². The van der Waals surface area contributed by atoms with Crippen molar-refractivity contribution in [2.45, 2.75) is 12.2 Å². The Morgan fingerprint density at radius 2 is 2.05 bits per heavy atom. The molecule has 0 aliphatic rings. The van der Waals surface area contributed by atoms with Gasteiger partial charge in [-0.15, -0.1) is 12.4 Å². The lowest BCUT2D eigenvalue weighted by atomic mass is 10.0. The fourth-order valence-corrected chi connectivity index (χ4v) is 2.39. The summed E-state index contributed by atoms with van der Waals surface area (Å²) >= 11 is 1.29. The van der Waals surface area contributed by atoms with E-state index in [9.17, 15) is 0 Å². The number of nitriles is 1. The van der Waals surface area contributed by atoms with E-state index in [2.05, 4.69) is 11.1 Å². The maximum absolute atomic E-state index is 8.81. The summed E-state index contributed by atoms with van der Waals surface area (Å²) in [6.07, 6.45) is 3.90. The summed E-state index contributed by atoms with van der Waals surface area (Å²) in [5.41, 5.74) is 7.44. The number of benzene rings is 1. The van der Waals surface area contributed by atoms with E-state index in [0.29, 0.717) is 12.2 Å². The van der Waals surface area contributed by atoms with Crippen molar-refractivity contribution < 1.29 is 0 Å². The molecule has 1 heterocycles. The average Bonchev–Trinajstić information content (AvgIpc) is 2.38. The first kappa shape index (κ1) is 15.3. The van der Waals surface area contributed by atoms with Crippen molar-refractivity contribution in [3.63, 3.8) is 0 Å². The smallest absolute Gasteiger partial charge is 0.151 e. The van der Waals surface area contributed by atoms with Crippen LogP contribution in [0.15, 0.2) is 30.6 Å². The van der Waals surface area contributed by atoms with Crippen molar-refractivity contribution in [3.05, 3.63) is 41.7 Å². The third kappa shape index (κ3) is 3.60. The second-order valence-electron chi connectivity index (χ2n) is 3.79. The highest BCUT2D eigenvalue weighted by molar-refractivity contribution is 8.13. The molecule has 4 nitrogen and oxygen atoms in total. The molecule has 0 aliphatic carbocycles. The average molecular weight is 293 g/mol. The lowest BCUT2D eigenvalue weighted by molar-refractivity contribution is 1.26. The van der Waals surface area contributed by atoms with Crippen LogP contribution in [0.1, 0.15) is 11.1 Å². The third-order valence-corrected chi connectivity index (χ3v) is 3.42. The molecule has 0 amide bonds. The first-order chi connectivity index (χ1) is 8.72. The topological polar surface area (TPSA) is 86.5 Å². The van der Waals surface area contributed by atoms with Crippen molar-refractivity contribution in [2.75, 3.05) is 0 Å². The van der Waals surface area contributed by atoms with Gasteiger partial charge >= 0.3 is 0 Å². The van der Waals surface area contributed by atoms with Crippen molar-refractivity contribution in [3.8, 4) is 6.07 Å². The summed E-state index contributed by atoms with van der Waals surface area (Å²) in [7, 11) is 0. The highest BCUT2D eigenvalue weighted by atomic mass is 35.5. The molecule has 0 aliphatic heterocycles. The number of hydrogen-bond donors (Lipinski definition) is 2. The fourth-order valence-electron chi connectivity index (χ4n) is 1.83. The molecule has 19 heavy (non-hydrogen) atoms. The van der Waals surface area contributed by atoms with E-state index in [1.165, 1.54) is 11.8 Å². The zero-order valence-electron chi connectivity index (χ0n) is 10.1. The van der Waals surface area contributed by atoms with Gasteiger partial charge in [-0.05, 0) is 22.6 Å². The zero-order valence-corrected chi connectivity index (χ0v) is 11.7. The lowest BCUT2D eigenvalue weighted by Gasteiger charge is -2.08. The summed E-state index contributed by atoms with van der Waals surface area (Å²) in [5, 5.41) is 18.2. The summed E-state index contributed by atoms with van der Waals surface area (Å²) < 4.78 is 0. The van der Waals surface area contributed by atoms with Crippen LogP contribution in [0.5, 0.6) is 0 Å². The van der Waals surface area contributed by atoms with E-state index < -0.39 is 0 Å². The number of rotatable bonds is 3. The van der Waals surface area contributed by atoms with Crippen molar-refractivity contribution in [2.24, 2.45) is 5.73 Å². The van der Waals surface area contributed by atoms with Crippen LogP contribution in [0.4, 0.5) is 0 Å². The predicted molar refractivity (Wildman–Crippen MR) is 81.5 cm³/mol.